The molecule has 126 valence electrons. The molecule has 24 heavy (non-hydrogen) atoms. The van der Waals surface area contributed by atoms with Gasteiger partial charge in [-0.05, 0) is 48.9 Å². The molecule has 0 spiro atoms. The number of rotatable bonds is 7. The van der Waals surface area contributed by atoms with Crippen molar-refractivity contribution in [1.29, 1.82) is 0 Å². The van der Waals surface area contributed by atoms with E-state index in [2.05, 4.69) is 4.98 Å². The predicted molar refractivity (Wildman–Crippen MR) is 91.7 cm³/mol. The fraction of sp³-hybridized carbons (Fsp3) is 0.278. The largest absolute Gasteiger partial charge is 0.466 e. The van der Waals surface area contributed by atoms with Crippen molar-refractivity contribution in [2.24, 2.45) is 0 Å². The third kappa shape index (κ3) is 5.35. The number of nitrogens with zero attached hydrogens (tertiary/aromatic N) is 2. The molecule has 0 radical (unpaired) electrons. The van der Waals surface area contributed by atoms with Gasteiger partial charge in [-0.3, -0.25) is 14.6 Å². The standard InChI is InChI=1S/C18H19ClN2O3/c1-2-24-17(22)9-12-21(13-14-7-10-20-11-8-14)18(23)15-3-5-16(19)6-4-15/h3-8,10-11H,2,9,12-13H2,1H3. The molecular formula is C18H19ClN2O3. The van der Waals surface area contributed by atoms with Crippen molar-refractivity contribution < 1.29 is 14.3 Å². The molecule has 6 heteroatoms. The minimum Gasteiger partial charge on any atom is -0.466 e. The normalized spacial score (nSPS) is 10.2. The third-order valence-corrected chi connectivity index (χ3v) is 3.64. The van der Waals surface area contributed by atoms with Crippen LogP contribution in [0.5, 0.6) is 0 Å². The van der Waals surface area contributed by atoms with Gasteiger partial charge < -0.3 is 9.64 Å². The highest BCUT2D eigenvalue weighted by Crippen LogP contribution is 2.14. The number of carbonyl (C=O) groups is 2. The van der Waals surface area contributed by atoms with Gasteiger partial charge in [0.2, 0.25) is 0 Å². The molecular weight excluding hydrogens is 328 g/mol. The summed E-state index contributed by atoms with van der Waals surface area (Å²) in [6.07, 6.45) is 3.50. The van der Waals surface area contributed by atoms with Crippen molar-refractivity contribution in [2.45, 2.75) is 19.9 Å². The van der Waals surface area contributed by atoms with Gasteiger partial charge in [-0.25, -0.2) is 0 Å². The first-order valence-electron chi connectivity index (χ1n) is 7.69. The lowest BCUT2D eigenvalue weighted by Gasteiger charge is -2.22. The summed E-state index contributed by atoms with van der Waals surface area (Å²) in [7, 11) is 0. The summed E-state index contributed by atoms with van der Waals surface area (Å²) in [6.45, 7) is 2.76. The number of esters is 1. The van der Waals surface area contributed by atoms with Crippen molar-refractivity contribution in [3.8, 4) is 0 Å². The number of aromatic nitrogens is 1. The second kappa shape index (κ2) is 9.03. The quantitative estimate of drug-likeness (QED) is 0.721. The molecule has 0 fully saturated rings. The molecule has 2 rings (SSSR count). The Morgan fingerprint density at radius 3 is 2.42 bits per heavy atom. The minimum absolute atomic E-state index is 0.151. The van der Waals surface area contributed by atoms with E-state index in [9.17, 15) is 9.59 Å². The zero-order valence-corrected chi connectivity index (χ0v) is 14.2. The topological polar surface area (TPSA) is 59.5 Å². The average Bonchev–Trinajstić information content (AvgIpc) is 2.60. The van der Waals surface area contributed by atoms with Gasteiger partial charge >= 0.3 is 5.97 Å². The maximum absolute atomic E-state index is 12.7. The smallest absolute Gasteiger partial charge is 0.307 e. The maximum Gasteiger partial charge on any atom is 0.307 e. The summed E-state index contributed by atoms with van der Waals surface area (Å²) in [5.74, 6) is -0.478. The van der Waals surface area contributed by atoms with Gasteiger partial charge in [-0.1, -0.05) is 11.6 Å². The molecule has 1 aromatic carbocycles. The van der Waals surface area contributed by atoms with Crippen LogP contribution in [-0.4, -0.2) is 34.9 Å². The second-order valence-electron chi connectivity index (χ2n) is 5.14. The number of carbonyl (C=O) groups excluding carboxylic acids is 2. The molecule has 0 aliphatic rings. The first kappa shape index (κ1) is 17.9. The van der Waals surface area contributed by atoms with E-state index in [1.54, 1.807) is 48.5 Å². The molecule has 0 N–H and O–H groups in total. The Morgan fingerprint density at radius 1 is 1.12 bits per heavy atom. The van der Waals surface area contributed by atoms with E-state index in [-0.39, 0.29) is 24.8 Å². The Hall–Kier alpha value is -2.40. The Bertz CT molecular complexity index is 674. The summed E-state index contributed by atoms with van der Waals surface area (Å²) in [5, 5.41) is 0.568. The monoisotopic (exact) mass is 346 g/mol. The molecule has 2 aromatic rings. The zero-order chi connectivity index (χ0) is 17.4. The summed E-state index contributed by atoms with van der Waals surface area (Å²) in [4.78, 5) is 30.0. The number of halogens is 1. The number of pyridine rings is 1. The van der Waals surface area contributed by atoms with Crippen LogP contribution in [0.4, 0.5) is 0 Å². The highest BCUT2D eigenvalue weighted by Gasteiger charge is 2.17. The van der Waals surface area contributed by atoms with E-state index >= 15 is 0 Å². The van der Waals surface area contributed by atoms with E-state index in [4.69, 9.17) is 16.3 Å². The van der Waals surface area contributed by atoms with Crippen molar-refractivity contribution in [3.63, 3.8) is 0 Å². The number of hydrogen-bond donors (Lipinski definition) is 0. The van der Waals surface area contributed by atoms with Gasteiger partial charge in [0.25, 0.3) is 5.91 Å². The number of ether oxygens (including phenoxy) is 1. The first-order chi connectivity index (χ1) is 11.6. The highest BCUT2D eigenvalue weighted by molar-refractivity contribution is 6.30. The zero-order valence-electron chi connectivity index (χ0n) is 13.4. The molecule has 0 saturated carbocycles. The number of hydrogen-bond acceptors (Lipinski definition) is 4. The lowest BCUT2D eigenvalue weighted by atomic mass is 10.1. The van der Waals surface area contributed by atoms with Crippen LogP contribution in [-0.2, 0) is 16.1 Å². The summed E-state index contributed by atoms with van der Waals surface area (Å²) >= 11 is 5.87. The van der Waals surface area contributed by atoms with Crippen LogP contribution in [0.3, 0.4) is 0 Å². The van der Waals surface area contributed by atoms with Crippen LogP contribution in [0.25, 0.3) is 0 Å². The van der Waals surface area contributed by atoms with Gasteiger partial charge in [-0.2, -0.15) is 0 Å². The molecule has 1 amide bonds. The van der Waals surface area contributed by atoms with E-state index in [1.807, 2.05) is 12.1 Å². The Kier molecular flexibility index (Phi) is 6.75. The van der Waals surface area contributed by atoms with Crippen LogP contribution in [0.1, 0.15) is 29.3 Å². The van der Waals surface area contributed by atoms with Crippen LogP contribution < -0.4 is 0 Å². The first-order valence-corrected chi connectivity index (χ1v) is 8.07. The Morgan fingerprint density at radius 2 is 1.79 bits per heavy atom. The summed E-state index contributed by atoms with van der Waals surface area (Å²) in [5.41, 5.74) is 1.47. The van der Waals surface area contributed by atoms with E-state index in [1.165, 1.54) is 0 Å². The molecule has 0 aliphatic carbocycles. The van der Waals surface area contributed by atoms with Crippen LogP contribution in [0.2, 0.25) is 5.02 Å². The lowest BCUT2D eigenvalue weighted by molar-refractivity contribution is -0.143. The number of benzene rings is 1. The minimum atomic E-state index is -0.318. The Balaban J connectivity index is 2.13. The van der Waals surface area contributed by atoms with Crippen molar-refractivity contribution in [3.05, 3.63) is 64.9 Å². The van der Waals surface area contributed by atoms with Gasteiger partial charge in [-0.15, -0.1) is 0 Å². The van der Waals surface area contributed by atoms with Crippen LogP contribution >= 0.6 is 11.6 Å². The molecule has 0 aliphatic heterocycles. The van der Waals surface area contributed by atoms with Crippen molar-refractivity contribution in [1.82, 2.24) is 9.88 Å². The SMILES string of the molecule is CCOC(=O)CCN(Cc1ccncc1)C(=O)c1ccc(Cl)cc1. The van der Waals surface area contributed by atoms with Gasteiger partial charge in [0, 0.05) is 36.1 Å². The maximum atomic E-state index is 12.7. The van der Waals surface area contributed by atoms with Crippen LogP contribution in [0.15, 0.2) is 48.8 Å². The van der Waals surface area contributed by atoms with E-state index in [0.29, 0.717) is 23.7 Å². The predicted octanol–water partition coefficient (Wildman–Crippen LogP) is 3.33. The highest BCUT2D eigenvalue weighted by atomic mass is 35.5. The Labute approximate surface area is 146 Å². The van der Waals surface area contributed by atoms with Gasteiger partial charge in [0.1, 0.15) is 0 Å². The molecule has 0 bridgehead atoms. The molecule has 1 aromatic heterocycles. The van der Waals surface area contributed by atoms with Crippen LogP contribution in [0, 0.1) is 0 Å². The van der Waals surface area contributed by atoms with Gasteiger partial charge in [0.05, 0.1) is 13.0 Å². The third-order valence-electron chi connectivity index (χ3n) is 3.39. The molecule has 0 saturated heterocycles. The molecule has 0 unspecified atom stereocenters. The lowest BCUT2D eigenvalue weighted by Crippen LogP contribution is -2.33. The molecule has 0 atom stereocenters. The fourth-order valence-electron chi connectivity index (χ4n) is 2.20. The second-order valence-corrected chi connectivity index (χ2v) is 5.58. The summed E-state index contributed by atoms with van der Waals surface area (Å²) < 4.78 is 4.94. The average molecular weight is 347 g/mol. The fourth-order valence-corrected chi connectivity index (χ4v) is 2.32. The van der Waals surface area contributed by atoms with E-state index in [0.717, 1.165) is 5.56 Å². The molecule has 1 heterocycles. The van der Waals surface area contributed by atoms with Crippen molar-refractivity contribution in [2.75, 3.05) is 13.2 Å². The van der Waals surface area contributed by atoms with Gasteiger partial charge in [0.15, 0.2) is 0 Å². The van der Waals surface area contributed by atoms with Crippen molar-refractivity contribution >= 4 is 23.5 Å². The number of amides is 1. The summed E-state index contributed by atoms with van der Waals surface area (Å²) in [6, 6.07) is 10.4. The van der Waals surface area contributed by atoms with E-state index < -0.39 is 0 Å². The molecule has 5 nitrogen and oxygen atoms in total.